The van der Waals surface area contributed by atoms with Gasteiger partial charge in [0.15, 0.2) is 5.17 Å². The Hall–Kier alpha value is -1.47. The van der Waals surface area contributed by atoms with Gasteiger partial charge in [0.25, 0.3) is 5.91 Å². The van der Waals surface area contributed by atoms with E-state index in [0.29, 0.717) is 18.7 Å². The lowest BCUT2D eigenvalue weighted by atomic mass is 10.2. The number of amidine groups is 1. The second-order valence-corrected chi connectivity index (χ2v) is 9.70. The summed E-state index contributed by atoms with van der Waals surface area (Å²) in [5.41, 5.74) is 2.00. The van der Waals surface area contributed by atoms with Crippen molar-refractivity contribution >= 4 is 46.2 Å². The third-order valence-corrected chi connectivity index (χ3v) is 7.88. The van der Waals surface area contributed by atoms with E-state index in [2.05, 4.69) is 6.92 Å². The first kappa shape index (κ1) is 17.9. The summed E-state index contributed by atoms with van der Waals surface area (Å²) in [5, 5.41) is 0.765. The number of aryl methyl sites for hydroxylation is 1. The fraction of sp³-hybridized carbons (Fsp3) is 0.526. The zero-order chi connectivity index (χ0) is 18.3. The van der Waals surface area contributed by atoms with E-state index in [0.717, 1.165) is 35.0 Å². The molecule has 3 fully saturated rings. The number of aliphatic imine (C=N–C) groups is 1. The number of benzene rings is 1. The number of thioether (sulfide) groups is 2. The Morgan fingerprint density at radius 1 is 1.35 bits per heavy atom. The molecule has 3 aliphatic rings. The van der Waals surface area contributed by atoms with Crippen molar-refractivity contribution in [2.45, 2.75) is 44.0 Å². The van der Waals surface area contributed by atoms with Crippen LogP contribution in [0.4, 0.5) is 5.69 Å². The van der Waals surface area contributed by atoms with E-state index >= 15 is 0 Å². The first-order valence-corrected chi connectivity index (χ1v) is 11.0. The average molecular weight is 390 g/mol. The Balaban J connectivity index is 1.62. The van der Waals surface area contributed by atoms with Gasteiger partial charge in [0.2, 0.25) is 5.91 Å². The molecule has 0 spiro atoms. The first-order valence-electron chi connectivity index (χ1n) is 9.04. The molecule has 3 saturated heterocycles. The molecule has 2 unspecified atom stereocenters. The van der Waals surface area contributed by atoms with Crippen LogP contribution in [0.2, 0.25) is 0 Å². The minimum Gasteiger partial charge on any atom is -0.315 e. The van der Waals surface area contributed by atoms with Crippen LogP contribution in [0.3, 0.4) is 0 Å². The summed E-state index contributed by atoms with van der Waals surface area (Å²) in [6.45, 7) is 4.79. The van der Waals surface area contributed by atoms with Gasteiger partial charge in [-0.15, -0.1) is 11.8 Å². The Morgan fingerprint density at radius 3 is 2.96 bits per heavy atom. The highest BCUT2D eigenvalue weighted by Crippen LogP contribution is 2.47. The van der Waals surface area contributed by atoms with E-state index in [1.165, 1.54) is 0 Å². The van der Waals surface area contributed by atoms with Gasteiger partial charge in [0.1, 0.15) is 6.04 Å². The molecule has 7 heteroatoms. The lowest BCUT2D eigenvalue weighted by Gasteiger charge is -2.34. The SMILES string of the molecule is Cc1ccccc1N=C1SCCCN1C(=O)C1CSC2(C)CCC(=O)N12. The predicted molar refractivity (Wildman–Crippen MR) is 108 cm³/mol. The van der Waals surface area contributed by atoms with E-state index in [4.69, 9.17) is 4.99 Å². The maximum absolute atomic E-state index is 13.3. The first-order chi connectivity index (χ1) is 12.5. The molecular formula is C19H23N3O2S2. The van der Waals surface area contributed by atoms with Crippen molar-refractivity contribution in [3.05, 3.63) is 29.8 Å². The van der Waals surface area contributed by atoms with Gasteiger partial charge in [-0.3, -0.25) is 14.5 Å². The molecule has 4 rings (SSSR count). The van der Waals surface area contributed by atoms with Crippen LogP contribution in [-0.2, 0) is 9.59 Å². The minimum absolute atomic E-state index is 0.0241. The topological polar surface area (TPSA) is 53.0 Å². The van der Waals surface area contributed by atoms with Crippen molar-refractivity contribution in [3.63, 3.8) is 0 Å². The number of carbonyl (C=O) groups is 2. The van der Waals surface area contributed by atoms with Gasteiger partial charge >= 0.3 is 0 Å². The summed E-state index contributed by atoms with van der Waals surface area (Å²) in [5.74, 6) is 1.78. The van der Waals surface area contributed by atoms with Crippen molar-refractivity contribution in [2.75, 3.05) is 18.1 Å². The molecule has 1 aromatic rings. The molecule has 1 aromatic carbocycles. The predicted octanol–water partition coefficient (Wildman–Crippen LogP) is 3.40. The van der Waals surface area contributed by atoms with Crippen molar-refractivity contribution in [1.82, 2.24) is 9.80 Å². The number of rotatable bonds is 2. The molecule has 3 heterocycles. The molecule has 0 saturated carbocycles. The Morgan fingerprint density at radius 2 is 2.15 bits per heavy atom. The summed E-state index contributed by atoms with van der Waals surface area (Å²) in [4.78, 5) is 33.9. The lowest BCUT2D eigenvalue weighted by Crippen LogP contribution is -2.53. The molecule has 0 bridgehead atoms. The normalized spacial score (nSPS) is 30.2. The molecule has 2 atom stereocenters. The zero-order valence-corrected chi connectivity index (χ0v) is 16.7. The Bertz CT molecular complexity index is 782. The summed E-state index contributed by atoms with van der Waals surface area (Å²) in [7, 11) is 0. The third kappa shape index (κ3) is 3.05. The largest absolute Gasteiger partial charge is 0.315 e. The monoisotopic (exact) mass is 389 g/mol. The van der Waals surface area contributed by atoms with Crippen LogP contribution in [0.15, 0.2) is 29.3 Å². The van der Waals surface area contributed by atoms with Gasteiger partial charge in [-0.25, -0.2) is 4.99 Å². The second-order valence-electron chi connectivity index (χ2n) is 7.14. The molecule has 138 valence electrons. The van der Waals surface area contributed by atoms with Gasteiger partial charge in [-0.1, -0.05) is 30.0 Å². The number of nitrogens with zero attached hydrogens (tertiary/aromatic N) is 3. The molecule has 2 amide bonds. The van der Waals surface area contributed by atoms with E-state index in [1.807, 2.05) is 41.0 Å². The zero-order valence-electron chi connectivity index (χ0n) is 15.1. The van der Waals surface area contributed by atoms with Crippen LogP contribution in [0.1, 0.15) is 31.7 Å². The molecule has 0 aromatic heterocycles. The number of hydrogen-bond acceptors (Lipinski definition) is 5. The van der Waals surface area contributed by atoms with Gasteiger partial charge in [0.05, 0.1) is 10.6 Å². The van der Waals surface area contributed by atoms with Crippen LogP contribution in [0.5, 0.6) is 0 Å². The van der Waals surface area contributed by atoms with E-state index < -0.39 is 0 Å². The van der Waals surface area contributed by atoms with Gasteiger partial charge < -0.3 is 4.90 Å². The van der Waals surface area contributed by atoms with Crippen LogP contribution in [0, 0.1) is 6.92 Å². The summed E-state index contributed by atoms with van der Waals surface area (Å²) >= 11 is 3.37. The van der Waals surface area contributed by atoms with Crippen molar-refractivity contribution in [3.8, 4) is 0 Å². The summed E-state index contributed by atoms with van der Waals surface area (Å²) in [6, 6.07) is 7.61. The molecule has 0 aliphatic carbocycles. The van der Waals surface area contributed by atoms with Crippen molar-refractivity contribution < 1.29 is 9.59 Å². The van der Waals surface area contributed by atoms with Gasteiger partial charge in [0, 0.05) is 24.5 Å². The molecule has 5 nitrogen and oxygen atoms in total. The van der Waals surface area contributed by atoms with E-state index in [9.17, 15) is 9.59 Å². The maximum atomic E-state index is 13.3. The van der Waals surface area contributed by atoms with Gasteiger partial charge in [-0.05, 0) is 38.3 Å². The minimum atomic E-state index is -0.360. The number of para-hydroxylation sites is 1. The third-order valence-electron chi connectivity index (χ3n) is 5.32. The highest BCUT2D eigenvalue weighted by atomic mass is 32.2. The molecular weight excluding hydrogens is 366 g/mol. The highest BCUT2D eigenvalue weighted by Gasteiger charge is 2.54. The molecule has 0 N–H and O–H groups in total. The van der Waals surface area contributed by atoms with Crippen LogP contribution in [-0.4, -0.2) is 55.7 Å². The molecule has 0 radical (unpaired) electrons. The smallest absolute Gasteiger partial charge is 0.252 e. The lowest BCUT2D eigenvalue weighted by molar-refractivity contribution is -0.141. The fourth-order valence-corrected chi connectivity index (χ4v) is 6.21. The maximum Gasteiger partial charge on any atom is 0.252 e. The number of fused-ring (bicyclic) bond motifs is 1. The molecule has 3 aliphatic heterocycles. The Labute approximate surface area is 162 Å². The van der Waals surface area contributed by atoms with Crippen LogP contribution in [0.25, 0.3) is 0 Å². The van der Waals surface area contributed by atoms with Crippen LogP contribution >= 0.6 is 23.5 Å². The summed E-state index contributed by atoms with van der Waals surface area (Å²) in [6.07, 6.45) is 2.33. The number of carbonyl (C=O) groups excluding carboxylic acids is 2. The van der Waals surface area contributed by atoms with Crippen molar-refractivity contribution in [1.29, 1.82) is 0 Å². The number of amides is 2. The van der Waals surface area contributed by atoms with Crippen molar-refractivity contribution in [2.24, 2.45) is 4.99 Å². The van der Waals surface area contributed by atoms with Crippen LogP contribution < -0.4 is 0 Å². The fourth-order valence-electron chi connectivity index (χ4n) is 3.83. The van der Waals surface area contributed by atoms with Gasteiger partial charge in [-0.2, -0.15) is 0 Å². The standard InChI is InChI=1S/C19H23N3O2S2/c1-13-6-3-4-7-14(13)20-18-21(10-5-11-25-18)17(24)15-12-26-19(2)9-8-16(23)22(15)19/h3-4,6-7,15H,5,8-12H2,1-2H3. The average Bonchev–Trinajstić information content (AvgIpc) is 3.13. The Kier molecular flexibility index (Phi) is 4.77. The van der Waals surface area contributed by atoms with E-state index in [1.54, 1.807) is 23.5 Å². The summed E-state index contributed by atoms with van der Waals surface area (Å²) < 4.78 is 0. The van der Waals surface area contributed by atoms with E-state index in [-0.39, 0.29) is 22.7 Å². The molecule has 26 heavy (non-hydrogen) atoms. The number of hydrogen-bond donors (Lipinski definition) is 0. The second kappa shape index (κ2) is 6.93. The quantitative estimate of drug-likeness (QED) is 0.778. The highest BCUT2D eigenvalue weighted by molar-refractivity contribution is 8.13.